The van der Waals surface area contributed by atoms with E-state index >= 15 is 0 Å². The molecule has 2 rings (SSSR count). The number of benzene rings is 2. The summed E-state index contributed by atoms with van der Waals surface area (Å²) in [6, 6.07) is 15.6. The Kier molecular flexibility index (Phi) is 9.47. The summed E-state index contributed by atoms with van der Waals surface area (Å²) in [5, 5.41) is 0. The van der Waals surface area contributed by atoms with Crippen molar-refractivity contribution in [1.29, 1.82) is 0 Å². The minimum Gasteiger partial charge on any atom is -0.494 e. The maximum Gasteiger partial charge on any atom is 0.338 e. The van der Waals surface area contributed by atoms with Gasteiger partial charge in [-0.1, -0.05) is 69.7 Å². The average molecular weight is 369 g/mol. The lowest BCUT2D eigenvalue weighted by Crippen LogP contribution is -2.03. The normalized spacial score (nSPS) is 10.6. The molecule has 0 radical (unpaired) electrons. The van der Waals surface area contributed by atoms with Crippen LogP contribution < -0.4 is 4.74 Å². The third kappa shape index (κ3) is 7.46. The molecule has 0 unspecified atom stereocenters. The first-order valence-electron chi connectivity index (χ1n) is 10.2. The van der Waals surface area contributed by atoms with Gasteiger partial charge in [0.05, 0.1) is 18.8 Å². The van der Waals surface area contributed by atoms with Crippen LogP contribution in [0.5, 0.6) is 5.75 Å². The van der Waals surface area contributed by atoms with E-state index in [1.165, 1.54) is 38.5 Å². The van der Waals surface area contributed by atoms with E-state index in [-0.39, 0.29) is 5.97 Å². The third-order valence-electron chi connectivity index (χ3n) is 4.60. The first kappa shape index (κ1) is 21.0. The second kappa shape index (κ2) is 12.2. The summed E-state index contributed by atoms with van der Waals surface area (Å²) >= 11 is 0. The lowest BCUT2D eigenvalue weighted by molar-refractivity contribution is 0.0526. The van der Waals surface area contributed by atoms with Crippen LogP contribution in [0.3, 0.4) is 0 Å². The first-order chi connectivity index (χ1) is 13.2. The minimum absolute atomic E-state index is 0.279. The predicted molar refractivity (Wildman–Crippen MR) is 111 cm³/mol. The van der Waals surface area contributed by atoms with Crippen molar-refractivity contribution >= 4 is 5.97 Å². The summed E-state index contributed by atoms with van der Waals surface area (Å²) in [4.78, 5) is 11.7. The highest BCUT2D eigenvalue weighted by molar-refractivity contribution is 5.90. The van der Waals surface area contributed by atoms with Gasteiger partial charge in [0.2, 0.25) is 0 Å². The molecule has 0 atom stereocenters. The van der Waals surface area contributed by atoms with Gasteiger partial charge in [-0.2, -0.15) is 0 Å². The van der Waals surface area contributed by atoms with E-state index in [0.29, 0.717) is 12.2 Å². The van der Waals surface area contributed by atoms with Crippen LogP contribution in [0.1, 0.15) is 69.2 Å². The molecule has 0 aliphatic rings. The monoisotopic (exact) mass is 368 g/mol. The number of hydrogen-bond donors (Lipinski definition) is 0. The summed E-state index contributed by atoms with van der Waals surface area (Å²) in [7, 11) is 0. The molecule has 0 saturated heterocycles. The standard InChI is InChI=1S/C24H32O3/c1-3-5-6-7-8-9-10-19-27-23-17-15-21(16-18-23)20-11-13-22(14-12-20)24(25)26-4-2/h11-18H,3-10,19H2,1-2H3. The molecule has 3 heteroatoms. The quantitative estimate of drug-likeness (QED) is 0.310. The average Bonchev–Trinajstić information content (AvgIpc) is 2.71. The third-order valence-corrected chi connectivity index (χ3v) is 4.60. The van der Waals surface area contributed by atoms with E-state index < -0.39 is 0 Å². The van der Waals surface area contributed by atoms with Crippen LogP contribution in [0.15, 0.2) is 48.5 Å². The predicted octanol–water partition coefficient (Wildman–Crippen LogP) is 6.66. The molecule has 0 aromatic heterocycles. The number of unbranched alkanes of at least 4 members (excludes halogenated alkanes) is 6. The van der Waals surface area contributed by atoms with Crippen molar-refractivity contribution in [3.63, 3.8) is 0 Å². The second-order valence-electron chi connectivity index (χ2n) is 6.79. The molecule has 146 valence electrons. The largest absolute Gasteiger partial charge is 0.494 e. The van der Waals surface area contributed by atoms with Crippen LogP contribution in [0.2, 0.25) is 0 Å². The molecule has 0 heterocycles. The fourth-order valence-electron chi connectivity index (χ4n) is 3.01. The van der Waals surface area contributed by atoms with Gasteiger partial charge in [0.15, 0.2) is 0 Å². The van der Waals surface area contributed by atoms with Gasteiger partial charge in [0.25, 0.3) is 0 Å². The molecule has 2 aromatic rings. The van der Waals surface area contributed by atoms with Crippen LogP contribution in [0.4, 0.5) is 0 Å². The summed E-state index contributed by atoms with van der Waals surface area (Å²) in [6.07, 6.45) is 9.03. The zero-order valence-electron chi connectivity index (χ0n) is 16.7. The van der Waals surface area contributed by atoms with Gasteiger partial charge in [-0.3, -0.25) is 0 Å². The van der Waals surface area contributed by atoms with Crippen LogP contribution in [0.25, 0.3) is 11.1 Å². The molecule has 27 heavy (non-hydrogen) atoms. The van der Waals surface area contributed by atoms with Gasteiger partial charge in [0, 0.05) is 0 Å². The molecule has 0 spiro atoms. The van der Waals surface area contributed by atoms with E-state index in [0.717, 1.165) is 29.9 Å². The molecule has 0 amide bonds. The lowest BCUT2D eigenvalue weighted by Gasteiger charge is -2.08. The number of hydrogen-bond acceptors (Lipinski definition) is 3. The summed E-state index contributed by atoms with van der Waals surface area (Å²) < 4.78 is 10.9. The molecule has 0 aliphatic carbocycles. The Balaban J connectivity index is 1.75. The Morgan fingerprint density at radius 2 is 1.30 bits per heavy atom. The molecule has 0 fully saturated rings. The lowest BCUT2D eigenvalue weighted by atomic mass is 10.0. The van der Waals surface area contributed by atoms with Gasteiger partial charge < -0.3 is 9.47 Å². The summed E-state index contributed by atoms with van der Waals surface area (Å²) in [6.45, 7) is 5.23. The van der Waals surface area contributed by atoms with Gasteiger partial charge in [-0.15, -0.1) is 0 Å². The van der Waals surface area contributed by atoms with Crippen molar-refractivity contribution in [2.24, 2.45) is 0 Å². The van der Waals surface area contributed by atoms with Gasteiger partial charge in [0.1, 0.15) is 5.75 Å². The highest BCUT2D eigenvalue weighted by Gasteiger charge is 2.06. The van der Waals surface area contributed by atoms with E-state index in [1.807, 2.05) is 31.2 Å². The topological polar surface area (TPSA) is 35.5 Å². The Bertz CT molecular complexity index is 659. The molecular formula is C24H32O3. The number of rotatable bonds is 12. The Labute approximate surface area is 163 Å². The van der Waals surface area contributed by atoms with Crippen molar-refractivity contribution in [3.8, 4) is 16.9 Å². The molecular weight excluding hydrogens is 336 g/mol. The first-order valence-corrected chi connectivity index (χ1v) is 10.2. The number of carbonyl (C=O) groups is 1. The van der Waals surface area contributed by atoms with Gasteiger partial charge in [-0.25, -0.2) is 4.79 Å². The van der Waals surface area contributed by atoms with Crippen molar-refractivity contribution in [2.45, 2.75) is 58.8 Å². The number of carbonyl (C=O) groups excluding carboxylic acids is 1. The summed E-state index contributed by atoms with van der Waals surface area (Å²) in [5.41, 5.74) is 2.76. The molecule has 2 aromatic carbocycles. The van der Waals surface area contributed by atoms with Gasteiger partial charge in [-0.05, 0) is 48.7 Å². The van der Waals surface area contributed by atoms with Crippen LogP contribution in [-0.2, 0) is 4.74 Å². The fourth-order valence-corrected chi connectivity index (χ4v) is 3.01. The zero-order valence-corrected chi connectivity index (χ0v) is 16.7. The minimum atomic E-state index is -0.279. The van der Waals surface area contributed by atoms with Crippen LogP contribution >= 0.6 is 0 Å². The highest BCUT2D eigenvalue weighted by atomic mass is 16.5. The number of esters is 1. The Hall–Kier alpha value is -2.29. The smallest absolute Gasteiger partial charge is 0.338 e. The molecule has 0 aliphatic heterocycles. The van der Waals surface area contributed by atoms with Crippen LogP contribution in [-0.4, -0.2) is 19.2 Å². The molecule has 3 nitrogen and oxygen atoms in total. The van der Waals surface area contributed by atoms with Crippen molar-refractivity contribution in [1.82, 2.24) is 0 Å². The SMILES string of the molecule is CCCCCCCCCOc1ccc(-c2ccc(C(=O)OCC)cc2)cc1. The maximum absolute atomic E-state index is 11.7. The number of ether oxygens (including phenoxy) is 2. The fraction of sp³-hybridized carbons (Fsp3) is 0.458. The molecule has 0 bridgehead atoms. The van der Waals surface area contributed by atoms with E-state index in [9.17, 15) is 4.79 Å². The van der Waals surface area contributed by atoms with Crippen molar-refractivity contribution in [2.75, 3.05) is 13.2 Å². The Morgan fingerprint density at radius 3 is 1.89 bits per heavy atom. The molecule has 0 N–H and O–H groups in total. The van der Waals surface area contributed by atoms with Crippen LogP contribution in [0, 0.1) is 0 Å². The zero-order chi connectivity index (χ0) is 19.3. The van der Waals surface area contributed by atoms with Gasteiger partial charge >= 0.3 is 5.97 Å². The van der Waals surface area contributed by atoms with E-state index in [1.54, 1.807) is 12.1 Å². The van der Waals surface area contributed by atoms with E-state index in [2.05, 4.69) is 19.1 Å². The van der Waals surface area contributed by atoms with Crippen molar-refractivity contribution < 1.29 is 14.3 Å². The Morgan fingerprint density at radius 1 is 0.741 bits per heavy atom. The second-order valence-corrected chi connectivity index (χ2v) is 6.79. The van der Waals surface area contributed by atoms with Crippen molar-refractivity contribution in [3.05, 3.63) is 54.1 Å². The molecule has 0 saturated carbocycles. The highest BCUT2D eigenvalue weighted by Crippen LogP contribution is 2.23. The summed E-state index contributed by atoms with van der Waals surface area (Å²) in [5.74, 6) is 0.631. The van der Waals surface area contributed by atoms with E-state index in [4.69, 9.17) is 9.47 Å². The maximum atomic E-state index is 11.7.